The number of allylic oxidation sites excluding steroid dienone is 1. The Morgan fingerprint density at radius 3 is 2.92 bits per heavy atom. The number of hydrogen-bond donors (Lipinski definition) is 0. The van der Waals surface area contributed by atoms with E-state index < -0.39 is 0 Å². The first-order valence-electron chi connectivity index (χ1n) is 4.23. The molecular weight excluding hydrogens is 156 g/mol. The maximum Gasteiger partial charge on any atom is 0.116 e. The zero-order chi connectivity index (χ0) is 8.81. The van der Waals surface area contributed by atoms with E-state index in [2.05, 4.69) is 0 Å². The van der Waals surface area contributed by atoms with Gasteiger partial charge in [0, 0.05) is 0 Å². The molecule has 1 rings (SSSR count). The fourth-order valence-electron chi connectivity index (χ4n) is 0.955. The van der Waals surface area contributed by atoms with Crippen LogP contribution in [0.3, 0.4) is 0 Å². The molecule has 0 saturated carbocycles. The molecule has 0 aliphatic carbocycles. The van der Waals surface area contributed by atoms with Crippen molar-refractivity contribution in [3.8, 4) is 0 Å². The molecule has 1 aliphatic heterocycles. The summed E-state index contributed by atoms with van der Waals surface area (Å²) in [6.45, 7) is 6.63. The van der Waals surface area contributed by atoms with Crippen LogP contribution in [-0.2, 0) is 14.2 Å². The van der Waals surface area contributed by atoms with Crippen LogP contribution in [0.2, 0.25) is 0 Å². The van der Waals surface area contributed by atoms with Crippen molar-refractivity contribution in [3.05, 3.63) is 11.8 Å². The molecule has 1 saturated heterocycles. The Hall–Kier alpha value is -0.540. The van der Waals surface area contributed by atoms with Crippen LogP contribution >= 0.6 is 0 Å². The van der Waals surface area contributed by atoms with Crippen molar-refractivity contribution < 1.29 is 14.2 Å². The van der Waals surface area contributed by atoms with Crippen LogP contribution in [0.25, 0.3) is 0 Å². The third-order valence-corrected chi connectivity index (χ3v) is 1.49. The summed E-state index contributed by atoms with van der Waals surface area (Å²) in [4.78, 5) is 0. The Morgan fingerprint density at radius 1 is 1.50 bits per heavy atom. The molecule has 0 aromatic rings. The molecule has 0 radical (unpaired) electrons. The Bertz CT molecular complexity index is 144. The summed E-state index contributed by atoms with van der Waals surface area (Å²) in [5, 5.41) is 0. The molecule has 0 spiro atoms. The molecule has 1 unspecified atom stereocenters. The average Bonchev–Trinajstić information content (AvgIpc) is 2.05. The first-order valence-corrected chi connectivity index (χ1v) is 4.23. The monoisotopic (exact) mass is 172 g/mol. The van der Waals surface area contributed by atoms with Crippen LogP contribution in [-0.4, -0.2) is 32.5 Å². The van der Waals surface area contributed by atoms with Crippen molar-refractivity contribution in [3.63, 3.8) is 0 Å². The van der Waals surface area contributed by atoms with E-state index in [1.54, 1.807) is 6.26 Å². The average molecular weight is 172 g/mol. The highest BCUT2D eigenvalue weighted by Crippen LogP contribution is 2.01. The molecule has 0 aromatic heterocycles. The number of rotatable bonds is 3. The second kappa shape index (κ2) is 5.17. The van der Waals surface area contributed by atoms with Gasteiger partial charge in [0.25, 0.3) is 0 Å². The third kappa shape index (κ3) is 3.74. The number of hydrogen-bond acceptors (Lipinski definition) is 3. The van der Waals surface area contributed by atoms with Gasteiger partial charge >= 0.3 is 0 Å². The maximum absolute atomic E-state index is 5.38. The van der Waals surface area contributed by atoms with E-state index in [4.69, 9.17) is 14.2 Å². The van der Waals surface area contributed by atoms with Gasteiger partial charge in [0.15, 0.2) is 0 Å². The van der Waals surface area contributed by atoms with Gasteiger partial charge in [0.05, 0.1) is 26.1 Å². The van der Waals surface area contributed by atoms with Crippen LogP contribution in [0.4, 0.5) is 0 Å². The van der Waals surface area contributed by atoms with Crippen molar-refractivity contribution in [2.24, 2.45) is 0 Å². The largest absolute Gasteiger partial charge is 0.498 e. The van der Waals surface area contributed by atoms with E-state index in [-0.39, 0.29) is 6.10 Å². The van der Waals surface area contributed by atoms with Crippen LogP contribution in [0.5, 0.6) is 0 Å². The minimum absolute atomic E-state index is 0.106. The van der Waals surface area contributed by atoms with Crippen LogP contribution in [0.15, 0.2) is 11.8 Å². The summed E-state index contributed by atoms with van der Waals surface area (Å²) < 4.78 is 15.9. The minimum atomic E-state index is 0.106. The highest BCUT2D eigenvalue weighted by Gasteiger charge is 2.13. The molecule has 1 aliphatic rings. The topological polar surface area (TPSA) is 27.7 Å². The molecule has 0 amide bonds. The minimum Gasteiger partial charge on any atom is -0.498 e. The Balaban J connectivity index is 2.09. The first kappa shape index (κ1) is 9.55. The van der Waals surface area contributed by atoms with Crippen molar-refractivity contribution in [1.82, 2.24) is 0 Å². The lowest BCUT2D eigenvalue weighted by Gasteiger charge is -2.22. The van der Waals surface area contributed by atoms with E-state index in [1.807, 2.05) is 13.8 Å². The molecule has 1 atom stereocenters. The van der Waals surface area contributed by atoms with Crippen LogP contribution in [0, 0.1) is 0 Å². The molecule has 1 heterocycles. The van der Waals surface area contributed by atoms with E-state index in [0.29, 0.717) is 26.4 Å². The first-order chi connectivity index (χ1) is 5.79. The van der Waals surface area contributed by atoms with Gasteiger partial charge in [-0.15, -0.1) is 0 Å². The Labute approximate surface area is 73.3 Å². The zero-order valence-electron chi connectivity index (χ0n) is 7.71. The maximum atomic E-state index is 5.38. The van der Waals surface area contributed by atoms with E-state index in [9.17, 15) is 0 Å². The highest BCUT2D eigenvalue weighted by atomic mass is 16.6. The smallest absolute Gasteiger partial charge is 0.116 e. The van der Waals surface area contributed by atoms with Gasteiger partial charge in [0.1, 0.15) is 12.7 Å². The summed E-state index contributed by atoms with van der Waals surface area (Å²) in [6.07, 6.45) is 1.85. The molecule has 0 bridgehead atoms. The summed E-state index contributed by atoms with van der Waals surface area (Å²) in [6, 6.07) is 0. The fourth-order valence-corrected chi connectivity index (χ4v) is 0.955. The summed E-state index contributed by atoms with van der Waals surface area (Å²) in [7, 11) is 0. The molecule has 1 fully saturated rings. The van der Waals surface area contributed by atoms with Crippen LogP contribution < -0.4 is 0 Å². The third-order valence-electron chi connectivity index (χ3n) is 1.49. The second-order valence-corrected chi connectivity index (χ2v) is 3.10. The van der Waals surface area contributed by atoms with E-state index in [1.165, 1.54) is 0 Å². The number of ether oxygens (including phenoxy) is 3. The summed E-state index contributed by atoms with van der Waals surface area (Å²) in [5.74, 6) is 0. The van der Waals surface area contributed by atoms with Gasteiger partial charge in [-0.05, 0) is 19.4 Å². The SMILES string of the molecule is CC(C)=COCC1COCCO1. The zero-order valence-corrected chi connectivity index (χ0v) is 7.71. The van der Waals surface area contributed by atoms with Crippen molar-refractivity contribution in [1.29, 1.82) is 0 Å². The van der Waals surface area contributed by atoms with Crippen molar-refractivity contribution in [2.75, 3.05) is 26.4 Å². The summed E-state index contributed by atoms with van der Waals surface area (Å²) in [5.41, 5.74) is 1.16. The van der Waals surface area contributed by atoms with E-state index in [0.717, 1.165) is 5.57 Å². The van der Waals surface area contributed by atoms with Gasteiger partial charge in [-0.1, -0.05) is 0 Å². The Morgan fingerprint density at radius 2 is 2.33 bits per heavy atom. The van der Waals surface area contributed by atoms with Gasteiger partial charge in [-0.2, -0.15) is 0 Å². The quantitative estimate of drug-likeness (QED) is 0.601. The molecule has 0 aromatic carbocycles. The summed E-state index contributed by atoms with van der Waals surface area (Å²) >= 11 is 0. The normalized spacial score (nSPS) is 23.3. The molecular formula is C9H16O3. The van der Waals surface area contributed by atoms with Gasteiger partial charge < -0.3 is 14.2 Å². The molecule has 12 heavy (non-hydrogen) atoms. The predicted octanol–water partition coefficient (Wildman–Crippen LogP) is 1.34. The van der Waals surface area contributed by atoms with Crippen LogP contribution in [0.1, 0.15) is 13.8 Å². The second-order valence-electron chi connectivity index (χ2n) is 3.10. The lowest BCUT2D eigenvalue weighted by atomic mass is 10.4. The predicted molar refractivity (Wildman–Crippen MR) is 45.9 cm³/mol. The Kier molecular flexibility index (Phi) is 4.11. The van der Waals surface area contributed by atoms with Gasteiger partial charge in [0.2, 0.25) is 0 Å². The molecule has 0 N–H and O–H groups in total. The lowest BCUT2D eigenvalue weighted by molar-refractivity contribution is -0.106. The van der Waals surface area contributed by atoms with E-state index >= 15 is 0 Å². The van der Waals surface area contributed by atoms with Gasteiger partial charge in [-0.25, -0.2) is 0 Å². The fraction of sp³-hybridized carbons (Fsp3) is 0.778. The molecule has 3 nitrogen and oxygen atoms in total. The van der Waals surface area contributed by atoms with Crippen molar-refractivity contribution >= 4 is 0 Å². The van der Waals surface area contributed by atoms with Gasteiger partial charge in [-0.3, -0.25) is 0 Å². The molecule has 3 heteroatoms. The highest BCUT2D eigenvalue weighted by molar-refractivity contribution is 4.86. The standard InChI is InChI=1S/C9H16O3/c1-8(2)5-11-7-9-6-10-3-4-12-9/h5,9H,3-4,6-7H2,1-2H3. The molecule has 70 valence electrons. The lowest BCUT2D eigenvalue weighted by Crippen LogP contribution is -2.31. The van der Waals surface area contributed by atoms with Crippen molar-refractivity contribution in [2.45, 2.75) is 20.0 Å².